The summed E-state index contributed by atoms with van der Waals surface area (Å²) in [5, 5.41) is 12.1. The first-order valence-electron chi connectivity index (χ1n) is 7.78. The molecule has 8 heteroatoms. The summed E-state index contributed by atoms with van der Waals surface area (Å²) in [4.78, 5) is 14.5. The van der Waals surface area contributed by atoms with E-state index in [0.29, 0.717) is 22.3 Å². The standard InChI is InChI=1S/C18H15Cl2N3O2S/c19-14-3-6-16(17(20)9-14)18(10-22-8-7-21-12-22)26-11-13-1-4-15(5-2-13)23(24)25/h1-9,12,18H,10-11H2. The Bertz CT molecular complexity index is 886. The van der Waals surface area contributed by atoms with Gasteiger partial charge in [-0.25, -0.2) is 4.98 Å². The van der Waals surface area contributed by atoms with Crippen LogP contribution in [-0.2, 0) is 12.3 Å². The summed E-state index contributed by atoms with van der Waals surface area (Å²) in [6.07, 6.45) is 5.41. The molecule has 0 spiro atoms. The van der Waals surface area contributed by atoms with Crippen molar-refractivity contribution in [3.63, 3.8) is 0 Å². The minimum atomic E-state index is -0.397. The van der Waals surface area contributed by atoms with Crippen LogP contribution >= 0.6 is 35.0 Å². The number of nitrogens with zero attached hydrogens (tertiary/aromatic N) is 3. The highest BCUT2D eigenvalue weighted by atomic mass is 35.5. The smallest absolute Gasteiger partial charge is 0.269 e. The van der Waals surface area contributed by atoms with E-state index in [4.69, 9.17) is 23.2 Å². The number of nitro benzene ring substituents is 1. The van der Waals surface area contributed by atoms with E-state index in [1.54, 1.807) is 42.5 Å². The first kappa shape index (κ1) is 18.8. The Labute approximate surface area is 165 Å². The van der Waals surface area contributed by atoms with Gasteiger partial charge in [-0.2, -0.15) is 0 Å². The van der Waals surface area contributed by atoms with Crippen molar-refractivity contribution >= 4 is 40.7 Å². The van der Waals surface area contributed by atoms with E-state index in [1.807, 2.05) is 22.9 Å². The monoisotopic (exact) mass is 407 g/mol. The third-order valence-electron chi connectivity index (χ3n) is 3.84. The van der Waals surface area contributed by atoms with Crippen LogP contribution in [0.2, 0.25) is 10.0 Å². The van der Waals surface area contributed by atoms with Gasteiger partial charge in [0.25, 0.3) is 5.69 Å². The Hall–Kier alpha value is -2.02. The van der Waals surface area contributed by atoms with Crippen LogP contribution in [0.15, 0.2) is 61.2 Å². The van der Waals surface area contributed by atoms with Gasteiger partial charge in [0.1, 0.15) is 0 Å². The van der Waals surface area contributed by atoms with Crippen molar-refractivity contribution in [2.75, 3.05) is 0 Å². The molecule has 1 atom stereocenters. The van der Waals surface area contributed by atoms with Crippen molar-refractivity contribution in [2.45, 2.75) is 17.5 Å². The molecule has 5 nitrogen and oxygen atoms in total. The average Bonchev–Trinajstić information content (AvgIpc) is 3.12. The number of hydrogen-bond donors (Lipinski definition) is 0. The van der Waals surface area contributed by atoms with Crippen LogP contribution in [0, 0.1) is 10.1 Å². The summed E-state index contributed by atoms with van der Waals surface area (Å²) >= 11 is 14.1. The summed E-state index contributed by atoms with van der Waals surface area (Å²) in [7, 11) is 0. The van der Waals surface area contributed by atoms with Gasteiger partial charge in [0.2, 0.25) is 0 Å². The van der Waals surface area contributed by atoms with E-state index in [2.05, 4.69) is 4.98 Å². The molecule has 2 aromatic carbocycles. The summed E-state index contributed by atoms with van der Waals surface area (Å²) in [5.74, 6) is 0.705. The number of hydrogen-bond acceptors (Lipinski definition) is 4. The SMILES string of the molecule is O=[N+]([O-])c1ccc(CSC(Cn2ccnc2)c2ccc(Cl)cc2Cl)cc1. The average molecular weight is 408 g/mol. The van der Waals surface area contributed by atoms with Gasteiger partial charge in [0, 0.05) is 52.1 Å². The number of aromatic nitrogens is 2. The minimum absolute atomic E-state index is 0.0872. The summed E-state index contributed by atoms with van der Waals surface area (Å²) < 4.78 is 2.00. The fourth-order valence-corrected chi connectivity index (χ4v) is 4.35. The normalized spacial score (nSPS) is 12.1. The van der Waals surface area contributed by atoms with Crippen LogP contribution in [0.4, 0.5) is 5.69 Å². The zero-order valence-corrected chi connectivity index (χ0v) is 15.9. The molecule has 0 aliphatic rings. The Balaban J connectivity index is 1.78. The second-order valence-corrected chi connectivity index (χ2v) is 7.68. The van der Waals surface area contributed by atoms with E-state index >= 15 is 0 Å². The molecule has 3 aromatic rings. The molecule has 1 aromatic heterocycles. The lowest BCUT2D eigenvalue weighted by molar-refractivity contribution is -0.384. The predicted molar refractivity (Wildman–Crippen MR) is 106 cm³/mol. The molecule has 3 rings (SSSR count). The molecule has 134 valence electrons. The van der Waals surface area contributed by atoms with Gasteiger partial charge in [-0.05, 0) is 23.3 Å². The maximum absolute atomic E-state index is 10.8. The first-order valence-corrected chi connectivity index (χ1v) is 9.59. The molecule has 0 saturated carbocycles. The maximum Gasteiger partial charge on any atom is 0.269 e. The molecule has 0 radical (unpaired) electrons. The largest absolute Gasteiger partial charge is 0.336 e. The Morgan fingerprint density at radius 2 is 1.96 bits per heavy atom. The first-order chi connectivity index (χ1) is 12.5. The number of non-ortho nitro benzene ring substituents is 1. The van der Waals surface area contributed by atoms with E-state index in [-0.39, 0.29) is 10.9 Å². The molecular weight excluding hydrogens is 393 g/mol. The molecule has 0 aliphatic heterocycles. The number of nitro groups is 1. The van der Waals surface area contributed by atoms with Crippen molar-refractivity contribution in [1.82, 2.24) is 9.55 Å². The molecule has 1 heterocycles. The van der Waals surface area contributed by atoms with Crippen molar-refractivity contribution < 1.29 is 4.92 Å². The third kappa shape index (κ3) is 4.78. The number of benzene rings is 2. The van der Waals surface area contributed by atoms with Gasteiger partial charge in [-0.15, -0.1) is 11.8 Å². The zero-order chi connectivity index (χ0) is 18.5. The molecule has 0 fully saturated rings. The Kier molecular flexibility index (Phi) is 6.19. The summed E-state index contributed by atoms with van der Waals surface area (Å²) in [6.45, 7) is 0.707. The molecule has 0 amide bonds. The van der Waals surface area contributed by atoms with Crippen molar-refractivity contribution in [3.8, 4) is 0 Å². The quantitative estimate of drug-likeness (QED) is 0.368. The van der Waals surface area contributed by atoms with Gasteiger partial charge in [0.15, 0.2) is 0 Å². The molecule has 0 aliphatic carbocycles. The number of thioether (sulfide) groups is 1. The summed E-state index contributed by atoms with van der Waals surface area (Å²) in [5.41, 5.74) is 2.10. The molecule has 0 N–H and O–H groups in total. The Morgan fingerprint density at radius 3 is 2.58 bits per heavy atom. The minimum Gasteiger partial charge on any atom is -0.336 e. The van der Waals surface area contributed by atoms with E-state index in [1.165, 1.54) is 12.1 Å². The predicted octanol–water partition coefficient (Wildman–Crippen LogP) is 5.77. The van der Waals surface area contributed by atoms with Crippen LogP contribution < -0.4 is 0 Å². The van der Waals surface area contributed by atoms with E-state index in [0.717, 1.165) is 11.1 Å². The van der Waals surface area contributed by atoms with Crippen LogP contribution in [0.1, 0.15) is 16.4 Å². The third-order valence-corrected chi connectivity index (χ3v) is 5.71. The summed E-state index contributed by atoms with van der Waals surface area (Å²) in [6, 6.07) is 12.1. The Morgan fingerprint density at radius 1 is 1.19 bits per heavy atom. The number of halogens is 2. The van der Waals surface area contributed by atoms with Gasteiger partial charge in [-0.1, -0.05) is 41.4 Å². The van der Waals surface area contributed by atoms with Crippen molar-refractivity contribution in [3.05, 3.63) is 92.5 Å². The van der Waals surface area contributed by atoms with Gasteiger partial charge in [-0.3, -0.25) is 10.1 Å². The van der Waals surface area contributed by atoms with Gasteiger partial charge >= 0.3 is 0 Å². The lowest BCUT2D eigenvalue weighted by atomic mass is 10.1. The lowest BCUT2D eigenvalue weighted by Crippen LogP contribution is -2.06. The molecular formula is C18H15Cl2N3O2S. The topological polar surface area (TPSA) is 61.0 Å². The fourth-order valence-electron chi connectivity index (χ4n) is 2.50. The molecule has 0 bridgehead atoms. The molecule has 1 unspecified atom stereocenters. The van der Waals surface area contributed by atoms with Crippen molar-refractivity contribution in [2.24, 2.45) is 0 Å². The highest BCUT2D eigenvalue weighted by Gasteiger charge is 2.17. The van der Waals surface area contributed by atoms with E-state index < -0.39 is 4.92 Å². The zero-order valence-electron chi connectivity index (χ0n) is 13.6. The van der Waals surface area contributed by atoms with Crippen molar-refractivity contribution in [1.29, 1.82) is 0 Å². The van der Waals surface area contributed by atoms with Gasteiger partial charge < -0.3 is 4.57 Å². The highest BCUT2D eigenvalue weighted by Crippen LogP contribution is 2.38. The number of imidazole rings is 1. The number of rotatable bonds is 7. The van der Waals surface area contributed by atoms with E-state index in [9.17, 15) is 10.1 Å². The van der Waals surface area contributed by atoms with Crippen LogP contribution in [0.5, 0.6) is 0 Å². The lowest BCUT2D eigenvalue weighted by Gasteiger charge is -2.19. The maximum atomic E-state index is 10.8. The van der Waals surface area contributed by atoms with Crippen LogP contribution in [-0.4, -0.2) is 14.5 Å². The highest BCUT2D eigenvalue weighted by molar-refractivity contribution is 7.98. The van der Waals surface area contributed by atoms with Crippen LogP contribution in [0.25, 0.3) is 0 Å². The second-order valence-electron chi connectivity index (χ2n) is 5.65. The molecule has 26 heavy (non-hydrogen) atoms. The van der Waals surface area contributed by atoms with Gasteiger partial charge in [0.05, 0.1) is 11.3 Å². The van der Waals surface area contributed by atoms with Crippen LogP contribution in [0.3, 0.4) is 0 Å². The second kappa shape index (κ2) is 8.58. The fraction of sp³-hybridized carbons (Fsp3) is 0.167. The molecule has 0 saturated heterocycles.